The van der Waals surface area contributed by atoms with Gasteiger partial charge in [0.2, 0.25) is 0 Å². The molecule has 0 unspecified atom stereocenters. The summed E-state index contributed by atoms with van der Waals surface area (Å²) in [6.07, 6.45) is 3.30. The van der Waals surface area contributed by atoms with Crippen molar-refractivity contribution in [2.45, 2.75) is 0 Å². The second-order valence-corrected chi connectivity index (χ2v) is 5.16. The lowest BCUT2D eigenvalue weighted by molar-refractivity contribution is 0.105. The highest BCUT2D eigenvalue weighted by atomic mass is 16.3. The zero-order valence-corrected chi connectivity index (χ0v) is 12.9. The number of phenolic OH excluding ortho intramolecular Hbond substituents is 1. The number of aromatic nitrogens is 1. The fourth-order valence-electron chi connectivity index (χ4n) is 2.24. The molecule has 24 heavy (non-hydrogen) atoms. The van der Waals surface area contributed by atoms with Gasteiger partial charge in [0.25, 0.3) is 0 Å². The van der Waals surface area contributed by atoms with Crippen molar-refractivity contribution in [1.82, 2.24) is 4.98 Å². The number of hydrogen-bond acceptors (Lipinski definition) is 4. The molecule has 4 nitrogen and oxygen atoms in total. The summed E-state index contributed by atoms with van der Waals surface area (Å²) < 4.78 is 0. The van der Waals surface area contributed by atoms with Crippen molar-refractivity contribution < 1.29 is 9.90 Å². The maximum atomic E-state index is 12.8. The number of nitrogens with zero attached hydrogens (tertiary/aromatic N) is 1. The summed E-state index contributed by atoms with van der Waals surface area (Å²) in [4.78, 5) is 17.1. The maximum Gasteiger partial charge on any atom is 0.196 e. The number of rotatable bonds is 5. The predicted octanol–water partition coefficient (Wildman–Crippen LogP) is 4.12. The summed E-state index contributed by atoms with van der Waals surface area (Å²) in [7, 11) is 0. The van der Waals surface area contributed by atoms with Crippen LogP contribution in [0.25, 0.3) is 5.57 Å². The summed E-state index contributed by atoms with van der Waals surface area (Å²) in [5.41, 5.74) is 2.43. The van der Waals surface area contributed by atoms with Crippen molar-refractivity contribution in [3.63, 3.8) is 0 Å². The molecular weight excluding hydrogens is 300 g/mol. The van der Waals surface area contributed by atoms with Crippen LogP contribution < -0.4 is 5.32 Å². The van der Waals surface area contributed by atoms with Crippen molar-refractivity contribution >= 4 is 17.0 Å². The van der Waals surface area contributed by atoms with Crippen molar-refractivity contribution in [3.05, 3.63) is 96.5 Å². The Labute approximate surface area is 140 Å². The molecule has 0 fully saturated rings. The Kier molecular flexibility index (Phi) is 4.68. The Morgan fingerprint density at radius 2 is 1.62 bits per heavy atom. The fraction of sp³-hybridized carbons (Fsp3) is 0. The molecule has 0 aliphatic heterocycles. The van der Waals surface area contributed by atoms with Crippen molar-refractivity contribution in [1.29, 1.82) is 0 Å². The normalized spacial score (nSPS) is 11.1. The second-order valence-electron chi connectivity index (χ2n) is 5.16. The number of phenols is 1. The molecule has 118 valence electrons. The summed E-state index contributed by atoms with van der Waals surface area (Å²) >= 11 is 0. The van der Waals surface area contributed by atoms with Crippen molar-refractivity contribution in [2.24, 2.45) is 0 Å². The SMILES string of the molecule is O=C(/C(=C/Nc1ccc(O)cc1)c1ccccn1)c1ccccc1. The number of pyridine rings is 1. The zero-order chi connectivity index (χ0) is 16.8. The van der Waals surface area contributed by atoms with Gasteiger partial charge in [0.05, 0.1) is 11.3 Å². The lowest BCUT2D eigenvalue weighted by atomic mass is 10.0. The first-order valence-electron chi connectivity index (χ1n) is 7.51. The van der Waals surface area contributed by atoms with Gasteiger partial charge >= 0.3 is 0 Å². The Morgan fingerprint density at radius 3 is 2.29 bits per heavy atom. The molecule has 0 aliphatic rings. The molecule has 3 rings (SSSR count). The number of benzene rings is 2. The van der Waals surface area contributed by atoms with Crippen LogP contribution in [0.3, 0.4) is 0 Å². The van der Waals surface area contributed by atoms with E-state index < -0.39 is 0 Å². The first-order chi connectivity index (χ1) is 11.7. The maximum absolute atomic E-state index is 12.8. The van der Waals surface area contributed by atoms with E-state index >= 15 is 0 Å². The van der Waals surface area contributed by atoms with Gasteiger partial charge in [-0.2, -0.15) is 0 Å². The van der Waals surface area contributed by atoms with Crippen LogP contribution in [0, 0.1) is 0 Å². The smallest absolute Gasteiger partial charge is 0.196 e. The Hall–Kier alpha value is -3.40. The minimum Gasteiger partial charge on any atom is -0.508 e. The number of Topliss-reactive ketones (excluding diaryl/α,β-unsaturated/α-hetero) is 1. The van der Waals surface area contributed by atoms with Gasteiger partial charge in [-0.15, -0.1) is 0 Å². The van der Waals surface area contributed by atoms with E-state index in [9.17, 15) is 9.90 Å². The number of ketones is 1. The molecule has 2 N–H and O–H groups in total. The molecule has 0 radical (unpaired) electrons. The summed E-state index contributed by atoms with van der Waals surface area (Å²) in [6.45, 7) is 0. The highest BCUT2D eigenvalue weighted by Crippen LogP contribution is 2.20. The molecule has 3 aromatic rings. The van der Waals surface area contributed by atoms with E-state index in [1.54, 1.807) is 54.9 Å². The third kappa shape index (κ3) is 3.67. The Balaban J connectivity index is 1.94. The van der Waals surface area contributed by atoms with Crippen LogP contribution in [-0.2, 0) is 0 Å². The third-order valence-corrected chi connectivity index (χ3v) is 3.47. The van der Waals surface area contributed by atoms with Crippen LogP contribution in [0.2, 0.25) is 0 Å². The number of anilines is 1. The summed E-state index contributed by atoms with van der Waals surface area (Å²) in [6, 6.07) is 21.2. The highest BCUT2D eigenvalue weighted by molar-refractivity contribution is 6.28. The van der Waals surface area contributed by atoms with E-state index in [4.69, 9.17) is 0 Å². The van der Waals surface area contributed by atoms with Gasteiger partial charge in [-0.3, -0.25) is 9.78 Å². The summed E-state index contributed by atoms with van der Waals surface area (Å²) in [5, 5.41) is 12.4. The van der Waals surface area contributed by atoms with Crippen LogP contribution in [0.15, 0.2) is 85.2 Å². The summed E-state index contributed by atoms with van der Waals surface area (Å²) in [5.74, 6) is 0.0791. The molecule has 0 atom stereocenters. The lowest BCUT2D eigenvalue weighted by Crippen LogP contribution is -2.06. The molecule has 0 aliphatic carbocycles. The Morgan fingerprint density at radius 1 is 0.917 bits per heavy atom. The molecule has 0 bridgehead atoms. The quantitative estimate of drug-likeness (QED) is 0.422. The molecule has 4 heteroatoms. The van der Waals surface area contributed by atoms with Gasteiger partial charge < -0.3 is 10.4 Å². The van der Waals surface area contributed by atoms with Gasteiger partial charge in [-0.25, -0.2) is 0 Å². The largest absolute Gasteiger partial charge is 0.508 e. The Bertz CT molecular complexity index is 842. The minimum absolute atomic E-state index is 0.111. The van der Waals surface area contributed by atoms with E-state index in [-0.39, 0.29) is 11.5 Å². The van der Waals surface area contributed by atoms with E-state index in [0.29, 0.717) is 16.8 Å². The standard InChI is InChI=1S/C20H16N2O2/c23-17-11-9-16(10-12-17)22-14-18(19-8-4-5-13-21-19)20(24)15-6-2-1-3-7-15/h1-14,22-23H/b18-14+. The lowest BCUT2D eigenvalue weighted by Gasteiger charge is -2.08. The van der Waals surface area contributed by atoms with Crippen LogP contribution >= 0.6 is 0 Å². The first kappa shape index (κ1) is 15.5. The molecular formula is C20H16N2O2. The van der Waals surface area contributed by atoms with E-state index in [1.165, 1.54) is 0 Å². The molecule has 0 amide bonds. The number of carbonyl (C=O) groups is 1. The van der Waals surface area contributed by atoms with Crippen molar-refractivity contribution in [3.8, 4) is 5.75 Å². The monoisotopic (exact) mass is 316 g/mol. The fourth-order valence-corrected chi connectivity index (χ4v) is 2.24. The van der Waals surface area contributed by atoms with E-state index in [1.807, 2.05) is 30.3 Å². The molecule has 0 spiro atoms. The number of hydrogen-bond donors (Lipinski definition) is 2. The molecule has 1 heterocycles. The topological polar surface area (TPSA) is 62.2 Å². The number of aromatic hydroxyl groups is 1. The van der Waals surface area contributed by atoms with Gasteiger partial charge in [0.1, 0.15) is 5.75 Å². The first-order valence-corrected chi connectivity index (χ1v) is 7.51. The average Bonchev–Trinajstić information content (AvgIpc) is 2.65. The molecule has 0 saturated heterocycles. The average molecular weight is 316 g/mol. The van der Waals surface area contributed by atoms with Crippen LogP contribution in [-0.4, -0.2) is 15.9 Å². The number of allylic oxidation sites excluding steroid dienone is 1. The number of carbonyl (C=O) groups excluding carboxylic acids is 1. The van der Waals surface area contributed by atoms with Crippen LogP contribution in [0.5, 0.6) is 5.75 Å². The predicted molar refractivity (Wildman–Crippen MR) is 94.7 cm³/mol. The van der Waals surface area contributed by atoms with Gasteiger partial charge in [0.15, 0.2) is 5.78 Å². The number of nitrogens with one attached hydrogen (secondary N) is 1. The van der Waals surface area contributed by atoms with E-state index in [2.05, 4.69) is 10.3 Å². The zero-order valence-electron chi connectivity index (χ0n) is 12.9. The third-order valence-electron chi connectivity index (χ3n) is 3.47. The second kappa shape index (κ2) is 7.24. The van der Waals surface area contributed by atoms with Gasteiger partial charge in [0, 0.05) is 23.6 Å². The van der Waals surface area contributed by atoms with Crippen molar-refractivity contribution in [2.75, 3.05) is 5.32 Å². The van der Waals surface area contributed by atoms with Gasteiger partial charge in [-0.1, -0.05) is 36.4 Å². The molecule has 2 aromatic carbocycles. The van der Waals surface area contributed by atoms with Gasteiger partial charge in [-0.05, 0) is 36.4 Å². The minimum atomic E-state index is -0.111. The highest BCUT2D eigenvalue weighted by Gasteiger charge is 2.15. The molecule has 1 aromatic heterocycles. The molecule has 0 saturated carbocycles. The van der Waals surface area contributed by atoms with Crippen LogP contribution in [0.1, 0.15) is 16.1 Å². The van der Waals surface area contributed by atoms with E-state index in [0.717, 1.165) is 5.69 Å². The van der Waals surface area contributed by atoms with Crippen LogP contribution in [0.4, 0.5) is 5.69 Å².